The molecule has 1 aromatic rings. The molecule has 0 atom stereocenters. The molecule has 0 aliphatic rings. The number of likely N-dealkylation sites (N-methyl/N-ethyl adjacent to an activating group) is 1. The van der Waals surface area contributed by atoms with Gasteiger partial charge in [0.1, 0.15) is 0 Å². The fraction of sp³-hybridized carbons (Fsp3) is 0.571. The highest BCUT2D eigenvalue weighted by molar-refractivity contribution is 9.11. The molecule has 0 saturated carbocycles. The number of carbonyl (C=O) groups excluding carboxylic acids is 2. The van der Waals surface area contributed by atoms with Crippen LogP contribution in [0.15, 0.2) is 15.9 Å². The van der Waals surface area contributed by atoms with Crippen molar-refractivity contribution in [2.75, 3.05) is 20.1 Å². The zero-order valence-corrected chi connectivity index (χ0v) is 15.0. The molecule has 21 heavy (non-hydrogen) atoms. The van der Waals surface area contributed by atoms with Gasteiger partial charge in [-0.3, -0.25) is 9.59 Å². The highest BCUT2D eigenvalue weighted by atomic mass is 79.9. The van der Waals surface area contributed by atoms with E-state index in [4.69, 9.17) is 5.73 Å². The molecule has 1 rings (SSSR count). The lowest BCUT2D eigenvalue weighted by Crippen LogP contribution is -2.55. The van der Waals surface area contributed by atoms with Crippen LogP contribution in [-0.4, -0.2) is 42.4 Å². The molecule has 3 N–H and O–H groups in total. The molecule has 118 valence electrons. The van der Waals surface area contributed by atoms with Crippen molar-refractivity contribution in [2.45, 2.75) is 32.2 Å². The lowest BCUT2D eigenvalue weighted by molar-refractivity contribution is -0.123. The van der Waals surface area contributed by atoms with Crippen molar-refractivity contribution >= 4 is 39.1 Å². The van der Waals surface area contributed by atoms with Crippen LogP contribution in [0, 0.1) is 0 Å². The summed E-state index contributed by atoms with van der Waals surface area (Å²) >= 11 is 4.67. The van der Waals surface area contributed by atoms with Gasteiger partial charge in [-0.25, -0.2) is 0 Å². The first-order valence-corrected chi connectivity index (χ1v) is 8.50. The number of rotatable bonds is 7. The smallest absolute Gasteiger partial charge is 0.264 e. The number of nitrogens with zero attached hydrogens (tertiary/aromatic N) is 1. The molecule has 0 saturated heterocycles. The summed E-state index contributed by atoms with van der Waals surface area (Å²) in [6.45, 7) is 4.40. The third-order valence-electron chi connectivity index (χ3n) is 3.66. The van der Waals surface area contributed by atoms with Gasteiger partial charge in [0.25, 0.3) is 5.91 Å². The minimum absolute atomic E-state index is 0.0239. The van der Waals surface area contributed by atoms with Crippen LogP contribution in [0.25, 0.3) is 0 Å². The van der Waals surface area contributed by atoms with Crippen molar-refractivity contribution in [3.05, 3.63) is 20.8 Å². The fourth-order valence-corrected chi connectivity index (χ4v) is 3.39. The van der Waals surface area contributed by atoms with Gasteiger partial charge < -0.3 is 16.0 Å². The van der Waals surface area contributed by atoms with Crippen LogP contribution in [-0.2, 0) is 4.79 Å². The fourth-order valence-electron chi connectivity index (χ4n) is 2.01. The molecule has 7 heteroatoms. The molecule has 1 heterocycles. The van der Waals surface area contributed by atoms with Gasteiger partial charge in [0, 0.05) is 13.6 Å². The molecular formula is C14H22BrN3O2S. The number of nitrogens with one attached hydrogen (secondary N) is 1. The van der Waals surface area contributed by atoms with E-state index in [1.807, 2.05) is 19.9 Å². The van der Waals surface area contributed by atoms with Crippen molar-refractivity contribution in [1.29, 1.82) is 0 Å². The van der Waals surface area contributed by atoms with Crippen molar-refractivity contribution in [2.24, 2.45) is 5.73 Å². The molecule has 5 nitrogen and oxygen atoms in total. The minimum atomic E-state index is -0.382. The minimum Gasteiger partial charge on any atom is -0.348 e. The maximum atomic E-state index is 12.2. The van der Waals surface area contributed by atoms with Crippen molar-refractivity contribution < 1.29 is 9.59 Å². The SMILES string of the molecule is CCC(CC)(CN)NC(=O)CN(C)C(=O)c1ccc(Br)s1. The average Bonchev–Trinajstić information content (AvgIpc) is 2.90. The zero-order chi connectivity index (χ0) is 16.0. The van der Waals surface area contributed by atoms with E-state index in [0.717, 1.165) is 16.6 Å². The van der Waals surface area contributed by atoms with Crippen LogP contribution < -0.4 is 11.1 Å². The van der Waals surface area contributed by atoms with Crippen LogP contribution in [0.1, 0.15) is 36.4 Å². The van der Waals surface area contributed by atoms with Crippen LogP contribution in [0.2, 0.25) is 0 Å². The Hall–Kier alpha value is -0.920. The van der Waals surface area contributed by atoms with E-state index in [-0.39, 0.29) is 23.9 Å². The van der Waals surface area contributed by atoms with E-state index in [0.29, 0.717) is 11.4 Å². The number of thiophene rings is 1. The van der Waals surface area contributed by atoms with Crippen molar-refractivity contribution in [3.8, 4) is 0 Å². The molecular weight excluding hydrogens is 354 g/mol. The third-order valence-corrected chi connectivity index (χ3v) is 5.27. The number of hydrogen-bond acceptors (Lipinski definition) is 4. The Morgan fingerprint density at radius 2 is 2.00 bits per heavy atom. The molecule has 0 spiro atoms. The lowest BCUT2D eigenvalue weighted by Gasteiger charge is -2.32. The Balaban J connectivity index is 2.63. The predicted octanol–water partition coefficient (Wildman–Crippen LogP) is 2.22. The Morgan fingerprint density at radius 1 is 1.38 bits per heavy atom. The summed E-state index contributed by atoms with van der Waals surface area (Å²) in [6, 6.07) is 3.56. The molecule has 0 aliphatic carbocycles. The van der Waals surface area contributed by atoms with E-state index in [2.05, 4.69) is 21.2 Å². The second-order valence-electron chi connectivity index (χ2n) is 5.00. The molecule has 0 aliphatic heterocycles. The topological polar surface area (TPSA) is 75.4 Å². The standard InChI is InChI=1S/C14H22BrN3O2S/c1-4-14(5-2,9-16)17-12(19)8-18(3)13(20)10-6-7-11(15)21-10/h6-7H,4-5,8-9,16H2,1-3H3,(H,17,19). The van der Waals surface area contributed by atoms with E-state index < -0.39 is 0 Å². The second kappa shape index (κ2) is 7.91. The summed E-state index contributed by atoms with van der Waals surface area (Å²) in [5.41, 5.74) is 5.38. The van der Waals surface area contributed by atoms with Gasteiger partial charge in [0.05, 0.1) is 20.7 Å². The number of hydrogen-bond donors (Lipinski definition) is 2. The lowest BCUT2D eigenvalue weighted by atomic mass is 9.93. The first-order chi connectivity index (χ1) is 9.87. The molecule has 0 aromatic carbocycles. The van der Waals surface area contributed by atoms with Crippen molar-refractivity contribution in [1.82, 2.24) is 10.2 Å². The summed E-state index contributed by atoms with van der Waals surface area (Å²) in [7, 11) is 1.62. The monoisotopic (exact) mass is 375 g/mol. The first-order valence-electron chi connectivity index (χ1n) is 6.89. The van der Waals surface area contributed by atoms with Gasteiger partial charge in [0.15, 0.2) is 0 Å². The molecule has 0 bridgehead atoms. The first kappa shape index (κ1) is 18.1. The van der Waals surface area contributed by atoms with Gasteiger partial charge in [-0.15, -0.1) is 11.3 Å². The highest BCUT2D eigenvalue weighted by Crippen LogP contribution is 2.23. The van der Waals surface area contributed by atoms with Gasteiger partial charge in [-0.05, 0) is 40.9 Å². The summed E-state index contributed by atoms with van der Waals surface area (Å²) in [5, 5.41) is 2.96. The maximum Gasteiger partial charge on any atom is 0.264 e. The Bertz CT molecular complexity index is 492. The van der Waals surface area contributed by atoms with Crippen LogP contribution in [0.5, 0.6) is 0 Å². The predicted molar refractivity (Wildman–Crippen MR) is 89.5 cm³/mol. The summed E-state index contributed by atoms with van der Waals surface area (Å²) < 4.78 is 0.891. The number of halogens is 1. The van der Waals surface area contributed by atoms with Crippen LogP contribution in [0.4, 0.5) is 0 Å². The molecule has 0 radical (unpaired) electrons. The van der Waals surface area contributed by atoms with E-state index in [1.165, 1.54) is 16.2 Å². The summed E-state index contributed by atoms with van der Waals surface area (Å²) in [5.74, 6) is -0.345. The van der Waals surface area contributed by atoms with Gasteiger partial charge in [0.2, 0.25) is 5.91 Å². The highest BCUT2D eigenvalue weighted by Gasteiger charge is 2.27. The van der Waals surface area contributed by atoms with Crippen molar-refractivity contribution in [3.63, 3.8) is 0 Å². The van der Waals surface area contributed by atoms with Gasteiger partial charge >= 0.3 is 0 Å². The molecule has 1 aromatic heterocycles. The largest absolute Gasteiger partial charge is 0.348 e. The van der Waals surface area contributed by atoms with E-state index in [9.17, 15) is 9.59 Å². The Morgan fingerprint density at radius 3 is 2.43 bits per heavy atom. The van der Waals surface area contributed by atoms with E-state index >= 15 is 0 Å². The third kappa shape index (κ3) is 4.79. The zero-order valence-electron chi connectivity index (χ0n) is 12.6. The van der Waals surface area contributed by atoms with Gasteiger partial charge in [-0.1, -0.05) is 13.8 Å². The molecule has 0 unspecified atom stereocenters. The second-order valence-corrected chi connectivity index (χ2v) is 7.47. The van der Waals surface area contributed by atoms with Crippen LogP contribution in [0.3, 0.4) is 0 Å². The number of amides is 2. The number of carbonyl (C=O) groups is 2. The summed E-state index contributed by atoms with van der Waals surface area (Å²) in [6.07, 6.45) is 1.53. The Kier molecular flexibility index (Phi) is 6.83. The average molecular weight is 376 g/mol. The van der Waals surface area contributed by atoms with Gasteiger partial charge in [-0.2, -0.15) is 0 Å². The normalized spacial score (nSPS) is 11.3. The Labute approximate surface area is 138 Å². The van der Waals surface area contributed by atoms with E-state index in [1.54, 1.807) is 13.1 Å². The molecule has 2 amide bonds. The quantitative estimate of drug-likeness (QED) is 0.766. The maximum absolute atomic E-state index is 12.2. The summed E-state index contributed by atoms with van der Waals surface area (Å²) in [4.78, 5) is 26.3. The number of nitrogens with two attached hydrogens (primary N) is 1. The molecule has 0 fully saturated rings. The van der Waals surface area contributed by atoms with Crippen LogP contribution >= 0.6 is 27.3 Å².